The molecule has 84 valence electrons. The Morgan fingerprint density at radius 1 is 1.56 bits per heavy atom. The molecule has 2 rings (SSSR count). The lowest BCUT2D eigenvalue weighted by molar-refractivity contribution is 0.490. The molecule has 2 aromatic rings. The number of aromatic amines is 1. The van der Waals surface area contributed by atoms with Gasteiger partial charge in [0, 0.05) is 0 Å². The molecule has 0 atom stereocenters. The first-order valence-corrected chi connectivity index (χ1v) is 4.79. The summed E-state index contributed by atoms with van der Waals surface area (Å²) < 4.78 is 5.36. The van der Waals surface area contributed by atoms with Crippen molar-refractivity contribution in [3.05, 3.63) is 40.3 Å². The molecule has 0 saturated heterocycles. The number of rotatable bonds is 3. The van der Waals surface area contributed by atoms with Gasteiger partial charge in [-0.15, -0.1) is 0 Å². The van der Waals surface area contributed by atoms with Gasteiger partial charge in [0.15, 0.2) is 5.82 Å². The van der Waals surface area contributed by atoms with Crippen LogP contribution in [0.3, 0.4) is 0 Å². The van der Waals surface area contributed by atoms with E-state index in [-0.39, 0.29) is 11.2 Å². The van der Waals surface area contributed by atoms with E-state index in [0.717, 1.165) is 11.5 Å². The molecule has 0 aliphatic carbocycles. The quantitative estimate of drug-likeness (QED) is 0.713. The molecular formula is C10H12N4O2. The Balaban J connectivity index is 2.10. The van der Waals surface area contributed by atoms with E-state index in [1.54, 1.807) is 0 Å². The summed E-state index contributed by atoms with van der Waals surface area (Å²) in [6, 6.07) is 3.72. The molecule has 6 heteroatoms. The molecule has 0 spiro atoms. The van der Waals surface area contributed by atoms with Crippen molar-refractivity contribution < 1.29 is 4.42 Å². The Hall–Kier alpha value is -2.24. The highest BCUT2D eigenvalue weighted by Gasteiger charge is 2.04. The van der Waals surface area contributed by atoms with Gasteiger partial charge in [-0.1, -0.05) is 0 Å². The van der Waals surface area contributed by atoms with E-state index in [4.69, 9.17) is 10.2 Å². The van der Waals surface area contributed by atoms with Gasteiger partial charge in [0.1, 0.15) is 17.2 Å². The molecule has 4 N–H and O–H groups in total. The first kappa shape index (κ1) is 10.3. The van der Waals surface area contributed by atoms with Gasteiger partial charge in [0.25, 0.3) is 5.56 Å². The number of H-pyrrole nitrogens is 1. The molecule has 2 heterocycles. The van der Waals surface area contributed by atoms with Gasteiger partial charge in [-0.25, -0.2) is 4.98 Å². The van der Waals surface area contributed by atoms with Crippen LogP contribution in [0.15, 0.2) is 27.7 Å². The minimum absolute atomic E-state index is 0.0748. The summed E-state index contributed by atoms with van der Waals surface area (Å²) in [4.78, 5) is 17.5. The van der Waals surface area contributed by atoms with Crippen molar-refractivity contribution in [1.82, 2.24) is 9.97 Å². The lowest BCUT2D eigenvalue weighted by Gasteiger charge is -2.04. The molecule has 0 unspecified atom stereocenters. The fourth-order valence-corrected chi connectivity index (χ4v) is 1.30. The third kappa shape index (κ3) is 2.05. The summed E-state index contributed by atoms with van der Waals surface area (Å²) in [5, 5.41) is 2.93. The van der Waals surface area contributed by atoms with Crippen molar-refractivity contribution in [3.63, 3.8) is 0 Å². The van der Waals surface area contributed by atoms with Crippen molar-refractivity contribution in [2.45, 2.75) is 13.5 Å². The Kier molecular flexibility index (Phi) is 2.63. The van der Waals surface area contributed by atoms with Crippen molar-refractivity contribution in [2.24, 2.45) is 0 Å². The summed E-state index contributed by atoms with van der Waals surface area (Å²) in [7, 11) is 0. The molecule has 0 aliphatic heterocycles. The van der Waals surface area contributed by atoms with Crippen LogP contribution in [0.1, 0.15) is 11.5 Å². The van der Waals surface area contributed by atoms with E-state index in [1.807, 2.05) is 19.1 Å². The summed E-state index contributed by atoms with van der Waals surface area (Å²) >= 11 is 0. The number of hydrogen-bond donors (Lipinski definition) is 3. The van der Waals surface area contributed by atoms with Gasteiger partial charge in [0.2, 0.25) is 0 Å². The van der Waals surface area contributed by atoms with Crippen LogP contribution < -0.4 is 16.6 Å². The molecule has 0 amide bonds. The highest BCUT2D eigenvalue weighted by atomic mass is 16.3. The van der Waals surface area contributed by atoms with Crippen LogP contribution in [0.4, 0.5) is 11.5 Å². The number of aromatic nitrogens is 2. The van der Waals surface area contributed by atoms with Crippen LogP contribution in [0.2, 0.25) is 0 Å². The molecule has 0 aliphatic rings. The number of anilines is 2. The number of nitrogens with zero attached hydrogens (tertiary/aromatic N) is 1. The highest BCUT2D eigenvalue weighted by molar-refractivity contribution is 5.58. The zero-order chi connectivity index (χ0) is 11.5. The maximum Gasteiger partial charge on any atom is 0.276 e. The van der Waals surface area contributed by atoms with Gasteiger partial charge >= 0.3 is 0 Å². The fraction of sp³-hybridized carbons (Fsp3) is 0.200. The van der Waals surface area contributed by atoms with Gasteiger partial charge in [0.05, 0.1) is 12.9 Å². The van der Waals surface area contributed by atoms with Gasteiger partial charge in [-0.2, -0.15) is 0 Å². The number of nitrogens with two attached hydrogens (primary N) is 1. The Bertz CT molecular complexity index is 544. The van der Waals surface area contributed by atoms with Crippen LogP contribution in [0, 0.1) is 6.92 Å². The number of aryl methyl sites for hydroxylation is 1. The zero-order valence-corrected chi connectivity index (χ0v) is 8.78. The number of hydrogen-bond acceptors (Lipinski definition) is 5. The Morgan fingerprint density at radius 3 is 3.06 bits per heavy atom. The monoisotopic (exact) mass is 220 g/mol. The number of nitrogens with one attached hydrogen (secondary N) is 2. The first-order valence-electron chi connectivity index (χ1n) is 4.79. The van der Waals surface area contributed by atoms with E-state index in [2.05, 4.69) is 15.3 Å². The standard InChI is InChI=1S/C10H12N4O2/c1-6-2-3-7(16-6)4-12-9-8(11)10(15)14-5-13-9/h2-3,5H,4,11H2,1H3,(H2,12,13,14,15). The van der Waals surface area contributed by atoms with Gasteiger partial charge in [-0.05, 0) is 19.1 Å². The molecule has 6 nitrogen and oxygen atoms in total. The van der Waals surface area contributed by atoms with E-state index in [9.17, 15) is 4.79 Å². The summed E-state index contributed by atoms with van der Waals surface area (Å²) in [6.07, 6.45) is 1.30. The fourth-order valence-electron chi connectivity index (χ4n) is 1.30. The molecule has 0 aromatic carbocycles. The smallest absolute Gasteiger partial charge is 0.276 e. The van der Waals surface area contributed by atoms with E-state index in [0.29, 0.717) is 12.4 Å². The van der Waals surface area contributed by atoms with Crippen LogP contribution in [-0.2, 0) is 6.54 Å². The van der Waals surface area contributed by atoms with Crippen LogP contribution >= 0.6 is 0 Å². The van der Waals surface area contributed by atoms with E-state index < -0.39 is 0 Å². The molecular weight excluding hydrogens is 208 g/mol. The molecule has 0 bridgehead atoms. The lowest BCUT2D eigenvalue weighted by Crippen LogP contribution is -2.15. The SMILES string of the molecule is Cc1ccc(CNc2nc[nH]c(=O)c2N)o1. The maximum atomic E-state index is 11.2. The highest BCUT2D eigenvalue weighted by Crippen LogP contribution is 2.11. The van der Waals surface area contributed by atoms with Gasteiger partial charge in [-0.3, -0.25) is 4.79 Å². The molecule has 0 fully saturated rings. The minimum Gasteiger partial charge on any atom is -0.465 e. The molecule has 0 saturated carbocycles. The predicted octanol–water partition coefficient (Wildman–Crippen LogP) is 0.866. The third-order valence-corrected chi connectivity index (χ3v) is 2.12. The average Bonchev–Trinajstić information content (AvgIpc) is 2.67. The van der Waals surface area contributed by atoms with Crippen LogP contribution in [0.5, 0.6) is 0 Å². The van der Waals surface area contributed by atoms with Crippen molar-refractivity contribution >= 4 is 11.5 Å². The summed E-state index contributed by atoms with van der Waals surface area (Å²) in [5.74, 6) is 1.96. The normalized spacial score (nSPS) is 10.3. The first-order chi connectivity index (χ1) is 7.66. The van der Waals surface area contributed by atoms with E-state index >= 15 is 0 Å². The molecule has 0 radical (unpaired) electrons. The second-order valence-electron chi connectivity index (χ2n) is 3.36. The Labute approximate surface area is 91.5 Å². The van der Waals surface area contributed by atoms with Gasteiger partial charge < -0.3 is 20.5 Å². The lowest BCUT2D eigenvalue weighted by atomic mass is 10.4. The van der Waals surface area contributed by atoms with Crippen LogP contribution in [-0.4, -0.2) is 9.97 Å². The minimum atomic E-state index is -0.354. The number of furan rings is 1. The van der Waals surface area contributed by atoms with Crippen molar-refractivity contribution in [1.29, 1.82) is 0 Å². The Morgan fingerprint density at radius 2 is 2.38 bits per heavy atom. The summed E-state index contributed by atoms with van der Waals surface area (Å²) in [6.45, 7) is 2.30. The maximum absolute atomic E-state index is 11.2. The second kappa shape index (κ2) is 4.09. The van der Waals surface area contributed by atoms with E-state index in [1.165, 1.54) is 6.33 Å². The molecule has 2 aromatic heterocycles. The topological polar surface area (TPSA) is 96.9 Å². The largest absolute Gasteiger partial charge is 0.465 e. The molecule has 16 heavy (non-hydrogen) atoms. The van der Waals surface area contributed by atoms with Crippen LogP contribution in [0.25, 0.3) is 0 Å². The second-order valence-corrected chi connectivity index (χ2v) is 3.36. The number of nitrogen functional groups attached to an aromatic ring is 1. The summed E-state index contributed by atoms with van der Waals surface area (Å²) in [5.41, 5.74) is 5.27. The van der Waals surface area contributed by atoms with Crippen molar-refractivity contribution in [3.8, 4) is 0 Å². The third-order valence-electron chi connectivity index (χ3n) is 2.12. The van der Waals surface area contributed by atoms with Crippen molar-refractivity contribution in [2.75, 3.05) is 11.1 Å². The average molecular weight is 220 g/mol. The zero-order valence-electron chi connectivity index (χ0n) is 8.78. The predicted molar refractivity (Wildman–Crippen MR) is 60.0 cm³/mol.